The molecule has 1 aliphatic heterocycles. The first-order valence-corrected chi connectivity index (χ1v) is 8.88. The van der Waals surface area contributed by atoms with Crippen molar-refractivity contribution in [3.05, 3.63) is 65.7 Å². The van der Waals surface area contributed by atoms with Gasteiger partial charge in [-0.15, -0.1) is 0 Å². The molecule has 0 saturated carbocycles. The second kappa shape index (κ2) is 8.02. The molecule has 130 valence electrons. The number of ether oxygens (including phenoxy) is 1. The monoisotopic (exact) mass is 335 g/mol. The average molecular weight is 335 g/mol. The van der Waals surface area contributed by atoms with Crippen LogP contribution in [-0.2, 0) is 4.79 Å². The highest BCUT2D eigenvalue weighted by Crippen LogP contribution is 2.27. The van der Waals surface area contributed by atoms with E-state index >= 15 is 0 Å². The molecule has 2 aromatic carbocycles. The van der Waals surface area contributed by atoms with E-state index in [4.69, 9.17) is 4.74 Å². The molecule has 2 aromatic rings. The number of benzene rings is 2. The standard InChI is InChI=1S/C22H25NO2/c1-17-12-14-23(15-13-17)22(24)20(18-8-4-3-5-9-18)16-19-10-6-7-11-21(19)25-2/h3-11,16-17H,12-15H2,1-2H3/b20-16+. The molecule has 0 N–H and O–H groups in total. The largest absolute Gasteiger partial charge is 0.496 e. The zero-order valence-electron chi connectivity index (χ0n) is 14.9. The summed E-state index contributed by atoms with van der Waals surface area (Å²) in [6.07, 6.45) is 4.10. The number of carbonyl (C=O) groups is 1. The van der Waals surface area contributed by atoms with E-state index in [1.807, 2.05) is 65.6 Å². The van der Waals surface area contributed by atoms with Crippen molar-refractivity contribution in [1.82, 2.24) is 4.90 Å². The van der Waals surface area contributed by atoms with Gasteiger partial charge in [-0.25, -0.2) is 0 Å². The van der Waals surface area contributed by atoms with Gasteiger partial charge in [-0.3, -0.25) is 4.79 Å². The maximum absolute atomic E-state index is 13.2. The Hall–Kier alpha value is -2.55. The lowest BCUT2D eigenvalue weighted by molar-refractivity contribution is -0.126. The molecular weight excluding hydrogens is 310 g/mol. The summed E-state index contributed by atoms with van der Waals surface area (Å²) in [5.74, 6) is 1.57. The molecular formula is C22H25NO2. The Morgan fingerprint density at radius 3 is 2.36 bits per heavy atom. The molecule has 1 amide bonds. The first-order valence-electron chi connectivity index (χ1n) is 8.88. The smallest absolute Gasteiger partial charge is 0.254 e. The Morgan fingerprint density at radius 1 is 1.04 bits per heavy atom. The lowest BCUT2D eigenvalue weighted by atomic mass is 9.96. The molecule has 0 radical (unpaired) electrons. The molecule has 0 aromatic heterocycles. The molecule has 0 spiro atoms. The van der Waals surface area contributed by atoms with E-state index in [1.54, 1.807) is 7.11 Å². The van der Waals surface area contributed by atoms with Crippen molar-refractivity contribution in [2.75, 3.05) is 20.2 Å². The number of nitrogens with zero attached hydrogens (tertiary/aromatic N) is 1. The molecule has 0 unspecified atom stereocenters. The Bertz CT molecular complexity index is 744. The number of hydrogen-bond acceptors (Lipinski definition) is 2. The molecule has 1 fully saturated rings. The number of amides is 1. The van der Waals surface area contributed by atoms with E-state index in [-0.39, 0.29) is 5.91 Å². The van der Waals surface area contributed by atoms with Crippen LogP contribution in [0.25, 0.3) is 11.6 Å². The Labute approximate surface area is 149 Å². The van der Waals surface area contributed by atoms with Crippen LogP contribution in [0.1, 0.15) is 30.9 Å². The van der Waals surface area contributed by atoms with Crippen molar-refractivity contribution in [2.24, 2.45) is 5.92 Å². The lowest BCUT2D eigenvalue weighted by Gasteiger charge is -2.31. The predicted octanol–water partition coefficient (Wildman–Crippen LogP) is 4.49. The van der Waals surface area contributed by atoms with E-state index in [2.05, 4.69) is 6.92 Å². The summed E-state index contributed by atoms with van der Waals surface area (Å²) in [4.78, 5) is 15.2. The zero-order valence-corrected chi connectivity index (χ0v) is 14.9. The summed E-state index contributed by atoms with van der Waals surface area (Å²) < 4.78 is 5.45. The maximum Gasteiger partial charge on any atom is 0.254 e. The highest BCUT2D eigenvalue weighted by Gasteiger charge is 2.24. The van der Waals surface area contributed by atoms with Crippen LogP contribution in [0.5, 0.6) is 5.75 Å². The van der Waals surface area contributed by atoms with Crippen molar-refractivity contribution >= 4 is 17.6 Å². The van der Waals surface area contributed by atoms with Crippen molar-refractivity contribution in [3.8, 4) is 5.75 Å². The van der Waals surface area contributed by atoms with Gasteiger partial charge in [0, 0.05) is 24.2 Å². The van der Waals surface area contributed by atoms with Gasteiger partial charge < -0.3 is 9.64 Å². The molecule has 1 heterocycles. The summed E-state index contributed by atoms with van der Waals surface area (Å²) >= 11 is 0. The van der Waals surface area contributed by atoms with Crippen LogP contribution in [0.3, 0.4) is 0 Å². The Kier molecular flexibility index (Phi) is 5.54. The fraction of sp³-hybridized carbons (Fsp3) is 0.318. The lowest BCUT2D eigenvalue weighted by Crippen LogP contribution is -2.38. The minimum Gasteiger partial charge on any atom is -0.496 e. The van der Waals surface area contributed by atoms with Gasteiger partial charge in [-0.05, 0) is 36.5 Å². The fourth-order valence-electron chi connectivity index (χ4n) is 3.21. The minimum absolute atomic E-state index is 0.101. The number of rotatable bonds is 4. The van der Waals surface area contributed by atoms with Gasteiger partial charge in [-0.2, -0.15) is 0 Å². The van der Waals surface area contributed by atoms with Crippen LogP contribution in [0.15, 0.2) is 54.6 Å². The van der Waals surface area contributed by atoms with Crippen LogP contribution in [-0.4, -0.2) is 31.0 Å². The molecule has 1 saturated heterocycles. The number of carbonyl (C=O) groups excluding carboxylic acids is 1. The van der Waals surface area contributed by atoms with Gasteiger partial charge in [-0.1, -0.05) is 55.5 Å². The van der Waals surface area contributed by atoms with Crippen molar-refractivity contribution in [3.63, 3.8) is 0 Å². The van der Waals surface area contributed by atoms with Gasteiger partial charge >= 0.3 is 0 Å². The molecule has 3 heteroatoms. The second-order valence-electron chi connectivity index (χ2n) is 6.64. The predicted molar refractivity (Wildman–Crippen MR) is 102 cm³/mol. The van der Waals surface area contributed by atoms with Crippen LogP contribution in [0.2, 0.25) is 0 Å². The van der Waals surface area contributed by atoms with E-state index in [0.29, 0.717) is 5.92 Å². The third kappa shape index (κ3) is 4.11. The topological polar surface area (TPSA) is 29.5 Å². The van der Waals surface area contributed by atoms with Gasteiger partial charge in [0.25, 0.3) is 5.91 Å². The third-order valence-electron chi connectivity index (χ3n) is 4.82. The number of methoxy groups -OCH3 is 1. The highest BCUT2D eigenvalue weighted by atomic mass is 16.5. The summed E-state index contributed by atoms with van der Waals surface area (Å²) in [5.41, 5.74) is 2.58. The summed E-state index contributed by atoms with van der Waals surface area (Å²) in [5, 5.41) is 0. The van der Waals surface area contributed by atoms with Gasteiger partial charge in [0.2, 0.25) is 0 Å². The summed E-state index contributed by atoms with van der Waals surface area (Å²) in [7, 11) is 1.66. The SMILES string of the molecule is COc1ccccc1/C=C(/C(=O)N1CCC(C)CC1)c1ccccc1. The molecule has 3 nitrogen and oxygen atoms in total. The van der Waals surface area contributed by atoms with Crippen LogP contribution < -0.4 is 4.74 Å². The number of likely N-dealkylation sites (tertiary alicyclic amines) is 1. The van der Waals surface area contributed by atoms with Crippen LogP contribution in [0, 0.1) is 5.92 Å². The summed E-state index contributed by atoms with van der Waals surface area (Å²) in [6, 6.07) is 17.7. The Balaban J connectivity index is 1.98. The number of piperidine rings is 1. The zero-order chi connectivity index (χ0) is 17.6. The number of hydrogen-bond donors (Lipinski definition) is 0. The molecule has 0 bridgehead atoms. The average Bonchev–Trinajstić information content (AvgIpc) is 2.67. The van der Waals surface area contributed by atoms with E-state index in [9.17, 15) is 4.79 Å². The first-order chi connectivity index (χ1) is 12.2. The van der Waals surface area contributed by atoms with Crippen LogP contribution >= 0.6 is 0 Å². The van der Waals surface area contributed by atoms with Crippen molar-refractivity contribution in [2.45, 2.75) is 19.8 Å². The maximum atomic E-state index is 13.2. The van der Waals surface area contributed by atoms with Crippen molar-refractivity contribution in [1.29, 1.82) is 0 Å². The quantitative estimate of drug-likeness (QED) is 0.608. The third-order valence-corrected chi connectivity index (χ3v) is 4.82. The van der Waals surface area contributed by atoms with Gasteiger partial charge in [0.15, 0.2) is 0 Å². The van der Waals surface area contributed by atoms with Crippen LogP contribution in [0.4, 0.5) is 0 Å². The highest BCUT2D eigenvalue weighted by molar-refractivity contribution is 6.24. The van der Waals surface area contributed by atoms with E-state index in [1.165, 1.54) is 0 Å². The number of para-hydroxylation sites is 1. The van der Waals surface area contributed by atoms with Crippen molar-refractivity contribution < 1.29 is 9.53 Å². The minimum atomic E-state index is 0.101. The van der Waals surface area contributed by atoms with E-state index < -0.39 is 0 Å². The molecule has 1 aliphatic rings. The summed E-state index contributed by atoms with van der Waals surface area (Å²) in [6.45, 7) is 3.91. The molecule has 0 atom stereocenters. The molecule has 25 heavy (non-hydrogen) atoms. The van der Waals surface area contributed by atoms with Gasteiger partial charge in [0.05, 0.1) is 7.11 Å². The first kappa shape index (κ1) is 17.3. The Morgan fingerprint density at radius 2 is 1.68 bits per heavy atom. The second-order valence-corrected chi connectivity index (χ2v) is 6.64. The normalized spacial score (nSPS) is 15.9. The van der Waals surface area contributed by atoms with E-state index in [0.717, 1.165) is 48.4 Å². The molecule has 0 aliphatic carbocycles. The molecule has 3 rings (SSSR count). The fourth-order valence-corrected chi connectivity index (χ4v) is 3.21. The van der Waals surface area contributed by atoms with Gasteiger partial charge in [0.1, 0.15) is 5.75 Å².